The van der Waals surface area contributed by atoms with Gasteiger partial charge < -0.3 is 5.32 Å². The Hall–Kier alpha value is -2.87. The maximum atomic E-state index is 13.6. The number of benzene rings is 2. The van der Waals surface area contributed by atoms with E-state index in [0.29, 0.717) is 5.69 Å². The van der Waals surface area contributed by atoms with Crippen molar-refractivity contribution in [2.45, 2.75) is 13.1 Å². The Morgan fingerprint density at radius 2 is 1.81 bits per heavy atom. The smallest absolute Gasteiger partial charge is 0.267 e. The van der Waals surface area contributed by atoms with Crippen LogP contribution in [-0.2, 0) is 17.9 Å². The van der Waals surface area contributed by atoms with E-state index < -0.39 is 23.1 Å². The summed E-state index contributed by atoms with van der Waals surface area (Å²) in [5.74, 6) is -1.95. The van der Waals surface area contributed by atoms with E-state index in [1.165, 1.54) is 12.1 Å². The number of amides is 1. The molecular formula is C19H14BrF2N3O2. The predicted molar refractivity (Wildman–Crippen MR) is 99.8 cm³/mol. The van der Waals surface area contributed by atoms with Crippen LogP contribution in [0.25, 0.3) is 11.3 Å². The molecule has 0 unspecified atom stereocenters. The highest BCUT2D eigenvalue weighted by Gasteiger charge is 2.10. The number of hydrogen-bond acceptors (Lipinski definition) is 3. The molecule has 1 amide bonds. The van der Waals surface area contributed by atoms with Gasteiger partial charge in [0.15, 0.2) is 0 Å². The first-order valence-electron chi connectivity index (χ1n) is 7.97. The van der Waals surface area contributed by atoms with Gasteiger partial charge in [-0.05, 0) is 24.3 Å². The molecule has 3 aromatic rings. The average Bonchev–Trinajstić information content (AvgIpc) is 2.63. The average molecular weight is 434 g/mol. The lowest BCUT2D eigenvalue weighted by molar-refractivity contribution is -0.122. The first-order valence-corrected chi connectivity index (χ1v) is 8.76. The Balaban J connectivity index is 1.71. The maximum absolute atomic E-state index is 13.6. The minimum Gasteiger partial charge on any atom is -0.350 e. The lowest BCUT2D eigenvalue weighted by Gasteiger charge is -2.09. The van der Waals surface area contributed by atoms with Crippen LogP contribution in [0.1, 0.15) is 5.56 Å². The summed E-state index contributed by atoms with van der Waals surface area (Å²) in [5.41, 5.74) is 1.05. The summed E-state index contributed by atoms with van der Waals surface area (Å²) >= 11 is 3.35. The van der Waals surface area contributed by atoms with Crippen LogP contribution in [-0.4, -0.2) is 15.7 Å². The highest BCUT2D eigenvalue weighted by atomic mass is 79.9. The molecule has 1 N–H and O–H groups in total. The molecule has 0 fully saturated rings. The lowest BCUT2D eigenvalue weighted by Crippen LogP contribution is -2.33. The third kappa shape index (κ3) is 4.85. The third-order valence-electron chi connectivity index (χ3n) is 3.79. The van der Waals surface area contributed by atoms with Crippen molar-refractivity contribution in [2.75, 3.05) is 0 Å². The molecule has 0 bridgehead atoms. The highest BCUT2D eigenvalue weighted by Crippen LogP contribution is 2.18. The van der Waals surface area contributed by atoms with E-state index in [2.05, 4.69) is 26.3 Å². The van der Waals surface area contributed by atoms with Gasteiger partial charge in [0.2, 0.25) is 5.91 Å². The fourth-order valence-corrected chi connectivity index (χ4v) is 2.65. The zero-order valence-electron chi connectivity index (χ0n) is 14.0. The standard InChI is InChI=1S/C19H14BrF2N3O2/c20-14-4-1-12(2-5-14)17-7-8-19(27)25(24-17)11-18(26)23-10-13-3-6-15(21)9-16(13)22/h1-9H,10-11H2,(H,23,26). The van der Waals surface area contributed by atoms with Gasteiger partial charge in [-0.15, -0.1) is 0 Å². The number of nitrogens with zero attached hydrogens (tertiary/aromatic N) is 2. The number of aromatic nitrogens is 2. The second-order valence-corrected chi connectivity index (χ2v) is 6.65. The molecule has 3 rings (SSSR count). The Labute approximate surface area is 161 Å². The van der Waals surface area contributed by atoms with Crippen LogP contribution >= 0.6 is 15.9 Å². The van der Waals surface area contributed by atoms with Gasteiger partial charge in [-0.3, -0.25) is 9.59 Å². The summed E-state index contributed by atoms with van der Waals surface area (Å²) in [6.07, 6.45) is 0. The summed E-state index contributed by atoms with van der Waals surface area (Å²) in [7, 11) is 0. The number of nitrogens with one attached hydrogen (secondary N) is 1. The molecule has 0 aliphatic carbocycles. The molecule has 0 atom stereocenters. The lowest BCUT2D eigenvalue weighted by atomic mass is 10.1. The molecule has 138 valence electrons. The van der Waals surface area contributed by atoms with Gasteiger partial charge in [0.05, 0.1) is 5.69 Å². The van der Waals surface area contributed by atoms with Crippen LogP contribution in [0, 0.1) is 11.6 Å². The molecule has 5 nitrogen and oxygen atoms in total. The van der Waals surface area contributed by atoms with Crippen molar-refractivity contribution in [3.63, 3.8) is 0 Å². The minimum atomic E-state index is -0.747. The van der Waals surface area contributed by atoms with E-state index >= 15 is 0 Å². The van der Waals surface area contributed by atoms with Crippen molar-refractivity contribution in [3.8, 4) is 11.3 Å². The highest BCUT2D eigenvalue weighted by molar-refractivity contribution is 9.10. The van der Waals surface area contributed by atoms with Crippen LogP contribution in [0.3, 0.4) is 0 Å². The SMILES string of the molecule is O=C(Cn1nc(-c2ccc(Br)cc2)ccc1=O)NCc1ccc(F)cc1F. The first-order chi connectivity index (χ1) is 12.9. The Morgan fingerprint density at radius 1 is 1.07 bits per heavy atom. The van der Waals surface area contributed by atoms with Crippen molar-refractivity contribution >= 4 is 21.8 Å². The van der Waals surface area contributed by atoms with Crippen LogP contribution < -0.4 is 10.9 Å². The summed E-state index contributed by atoms with van der Waals surface area (Å²) in [6.45, 7) is -0.432. The molecule has 0 aliphatic rings. The maximum Gasteiger partial charge on any atom is 0.267 e. The molecule has 0 aliphatic heterocycles. The van der Waals surface area contributed by atoms with Crippen LogP contribution in [0.5, 0.6) is 0 Å². The molecule has 2 aromatic carbocycles. The number of carbonyl (C=O) groups is 1. The Morgan fingerprint density at radius 3 is 2.52 bits per heavy atom. The van der Waals surface area contributed by atoms with E-state index in [-0.39, 0.29) is 18.7 Å². The number of hydrogen-bond donors (Lipinski definition) is 1. The van der Waals surface area contributed by atoms with E-state index in [1.54, 1.807) is 6.07 Å². The summed E-state index contributed by atoms with van der Waals surface area (Å²) in [6, 6.07) is 13.4. The molecule has 0 radical (unpaired) electrons. The molecule has 27 heavy (non-hydrogen) atoms. The zero-order chi connectivity index (χ0) is 19.4. The fourth-order valence-electron chi connectivity index (χ4n) is 2.39. The molecule has 1 aromatic heterocycles. The molecule has 0 saturated heterocycles. The van der Waals surface area contributed by atoms with Crippen LogP contribution in [0.15, 0.2) is 63.9 Å². The summed E-state index contributed by atoms with van der Waals surface area (Å²) in [4.78, 5) is 24.1. The van der Waals surface area contributed by atoms with E-state index in [0.717, 1.165) is 26.9 Å². The molecule has 8 heteroatoms. The van der Waals surface area contributed by atoms with E-state index in [4.69, 9.17) is 0 Å². The van der Waals surface area contributed by atoms with Gasteiger partial charge in [-0.1, -0.05) is 34.1 Å². The zero-order valence-corrected chi connectivity index (χ0v) is 15.5. The second-order valence-electron chi connectivity index (χ2n) is 5.73. The van der Waals surface area contributed by atoms with E-state index in [9.17, 15) is 18.4 Å². The van der Waals surface area contributed by atoms with Gasteiger partial charge in [0.1, 0.15) is 18.2 Å². The molecule has 0 saturated carbocycles. The van der Waals surface area contributed by atoms with Crippen molar-refractivity contribution in [1.29, 1.82) is 0 Å². The van der Waals surface area contributed by atoms with Gasteiger partial charge in [0.25, 0.3) is 5.56 Å². The van der Waals surface area contributed by atoms with Gasteiger partial charge >= 0.3 is 0 Å². The largest absolute Gasteiger partial charge is 0.350 e. The normalized spacial score (nSPS) is 10.6. The number of carbonyl (C=O) groups excluding carboxylic acids is 1. The third-order valence-corrected chi connectivity index (χ3v) is 4.32. The second kappa shape index (κ2) is 8.22. The topological polar surface area (TPSA) is 64.0 Å². The van der Waals surface area contributed by atoms with E-state index in [1.807, 2.05) is 24.3 Å². The van der Waals surface area contributed by atoms with Gasteiger partial charge in [-0.25, -0.2) is 13.5 Å². The summed E-state index contributed by atoms with van der Waals surface area (Å²) in [5, 5.41) is 6.70. The predicted octanol–water partition coefficient (Wildman–Crippen LogP) is 3.27. The molecule has 0 spiro atoms. The van der Waals surface area contributed by atoms with Crippen molar-refractivity contribution in [1.82, 2.24) is 15.1 Å². The van der Waals surface area contributed by atoms with Gasteiger partial charge in [0, 0.05) is 34.3 Å². The van der Waals surface area contributed by atoms with Crippen molar-refractivity contribution in [2.24, 2.45) is 0 Å². The Bertz CT molecular complexity index is 1040. The van der Waals surface area contributed by atoms with Crippen LogP contribution in [0.4, 0.5) is 8.78 Å². The molecular weight excluding hydrogens is 420 g/mol. The number of rotatable bonds is 5. The summed E-state index contributed by atoms with van der Waals surface area (Å²) < 4.78 is 28.4. The first kappa shape index (κ1) is 18.9. The minimum absolute atomic E-state index is 0.119. The molecule has 1 heterocycles. The van der Waals surface area contributed by atoms with Crippen molar-refractivity contribution in [3.05, 3.63) is 86.6 Å². The van der Waals surface area contributed by atoms with Crippen molar-refractivity contribution < 1.29 is 13.6 Å². The number of halogens is 3. The van der Waals surface area contributed by atoms with Crippen LogP contribution in [0.2, 0.25) is 0 Å². The fraction of sp³-hybridized carbons (Fsp3) is 0.105. The van der Waals surface area contributed by atoms with Gasteiger partial charge in [-0.2, -0.15) is 5.10 Å². The monoisotopic (exact) mass is 433 g/mol. The quantitative estimate of drug-likeness (QED) is 0.671. The Kier molecular flexibility index (Phi) is 5.75.